The SMILES string of the molecule is CC(=O)N(c1nc(/C=C/C(=O)NCC2(c3ccc(F)cc3)CC2)cs1)c1ccccc1F. The van der Waals surface area contributed by atoms with Gasteiger partial charge in [0, 0.05) is 30.3 Å². The maximum atomic E-state index is 14.2. The molecule has 0 atom stereocenters. The highest BCUT2D eigenvalue weighted by molar-refractivity contribution is 7.14. The van der Waals surface area contributed by atoms with Crippen molar-refractivity contribution in [3.8, 4) is 0 Å². The number of nitrogens with one attached hydrogen (secondary N) is 1. The predicted octanol–water partition coefficient (Wildman–Crippen LogP) is 4.97. The van der Waals surface area contributed by atoms with Gasteiger partial charge in [0.2, 0.25) is 11.8 Å². The molecule has 1 N–H and O–H groups in total. The van der Waals surface area contributed by atoms with Crippen molar-refractivity contribution in [2.24, 2.45) is 0 Å². The second-order valence-electron chi connectivity index (χ2n) is 7.70. The number of anilines is 2. The number of rotatable bonds is 7. The number of carbonyl (C=O) groups is 2. The summed E-state index contributed by atoms with van der Waals surface area (Å²) < 4.78 is 27.3. The lowest BCUT2D eigenvalue weighted by molar-refractivity contribution is -0.117. The second-order valence-corrected chi connectivity index (χ2v) is 8.54. The monoisotopic (exact) mass is 453 g/mol. The van der Waals surface area contributed by atoms with Crippen molar-refractivity contribution in [1.82, 2.24) is 10.3 Å². The molecule has 8 heteroatoms. The Hall–Kier alpha value is -3.39. The van der Waals surface area contributed by atoms with Crippen molar-refractivity contribution in [3.63, 3.8) is 0 Å². The first kappa shape index (κ1) is 21.8. The predicted molar refractivity (Wildman–Crippen MR) is 121 cm³/mol. The van der Waals surface area contributed by atoms with Crippen molar-refractivity contribution in [2.75, 3.05) is 11.4 Å². The Kier molecular flexibility index (Phi) is 6.14. The maximum Gasteiger partial charge on any atom is 0.244 e. The zero-order valence-corrected chi connectivity index (χ0v) is 18.2. The van der Waals surface area contributed by atoms with E-state index in [-0.39, 0.29) is 28.7 Å². The van der Waals surface area contributed by atoms with Crippen LogP contribution in [0.4, 0.5) is 19.6 Å². The molecule has 32 heavy (non-hydrogen) atoms. The molecule has 1 fully saturated rings. The first-order chi connectivity index (χ1) is 15.4. The summed E-state index contributed by atoms with van der Waals surface area (Å²) in [6, 6.07) is 12.4. The highest BCUT2D eigenvalue weighted by Crippen LogP contribution is 2.47. The van der Waals surface area contributed by atoms with Crippen LogP contribution in [-0.2, 0) is 15.0 Å². The van der Waals surface area contributed by atoms with E-state index in [1.807, 2.05) is 0 Å². The molecule has 5 nitrogen and oxygen atoms in total. The molecule has 1 aliphatic carbocycles. The molecular formula is C24H21F2N3O2S. The van der Waals surface area contributed by atoms with Crippen LogP contribution in [0.25, 0.3) is 6.08 Å². The average molecular weight is 454 g/mol. The smallest absolute Gasteiger partial charge is 0.244 e. The molecule has 0 bridgehead atoms. The van der Waals surface area contributed by atoms with Crippen LogP contribution in [-0.4, -0.2) is 23.3 Å². The molecule has 0 unspecified atom stereocenters. The molecule has 3 aromatic rings. The fourth-order valence-electron chi connectivity index (χ4n) is 3.49. The average Bonchev–Trinajstić information content (AvgIpc) is 3.43. The molecule has 0 aliphatic heterocycles. The molecule has 0 saturated heterocycles. The van der Waals surface area contributed by atoms with Crippen molar-refractivity contribution in [1.29, 1.82) is 0 Å². The molecule has 164 valence electrons. The third-order valence-corrected chi connectivity index (χ3v) is 6.27. The number of hydrogen-bond acceptors (Lipinski definition) is 4. The highest BCUT2D eigenvalue weighted by Gasteiger charge is 2.44. The Morgan fingerprint density at radius 3 is 2.53 bits per heavy atom. The van der Waals surface area contributed by atoms with E-state index in [1.165, 1.54) is 53.5 Å². The van der Waals surface area contributed by atoms with Crippen LogP contribution in [0.5, 0.6) is 0 Å². The standard InChI is InChI=1S/C24H21F2N3O2S/c1-16(30)29(21-5-3-2-4-20(21)26)23-28-19(14-32-23)10-11-22(31)27-15-24(12-13-24)17-6-8-18(25)9-7-17/h2-11,14H,12-13,15H2,1H3,(H,27,31)/b11-10+. The molecule has 1 saturated carbocycles. The third-order valence-electron chi connectivity index (χ3n) is 5.43. The number of aromatic nitrogens is 1. The quantitative estimate of drug-likeness (QED) is 0.514. The second kappa shape index (κ2) is 9.00. The molecule has 4 rings (SSSR count). The van der Waals surface area contributed by atoms with Gasteiger partial charge in [0.15, 0.2) is 5.13 Å². The van der Waals surface area contributed by atoms with Gasteiger partial charge in [0.1, 0.15) is 11.6 Å². The number of thiazole rings is 1. The lowest BCUT2D eigenvalue weighted by Crippen LogP contribution is -2.31. The van der Waals surface area contributed by atoms with E-state index in [4.69, 9.17) is 0 Å². The van der Waals surface area contributed by atoms with Crippen molar-refractivity contribution in [2.45, 2.75) is 25.2 Å². The van der Waals surface area contributed by atoms with Crippen LogP contribution in [0.15, 0.2) is 60.0 Å². The Bertz CT molecular complexity index is 1170. The molecule has 2 amide bonds. The van der Waals surface area contributed by atoms with Gasteiger partial charge in [0.05, 0.1) is 11.4 Å². The largest absolute Gasteiger partial charge is 0.352 e. The third kappa shape index (κ3) is 4.75. The molecule has 0 spiro atoms. The van der Waals surface area contributed by atoms with Gasteiger partial charge in [-0.1, -0.05) is 24.3 Å². The lowest BCUT2D eigenvalue weighted by atomic mass is 9.96. The molecule has 0 radical (unpaired) electrons. The van der Waals surface area contributed by atoms with Gasteiger partial charge in [-0.3, -0.25) is 14.5 Å². The summed E-state index contributed by atoms with van der Waals surface area (Å²) in [5, 5.41) is 4.90. The minimum atomic E-state index is -0.524. The summed E-state index contributed by atoms with van der Waals surface area (Å²) in [7, 11) is 0. The Balaban J connectivity index is 1.40. The van der Waals surface area contributed by atoms with Crippen LogP contribution in [0, 0.1) is 11.6 Å². The van der Waals surface area contributed by atoms with E-state index in [0.29, 0.717) is 17.4 Å². The first-order valence-corrected chi connectivity index (χ1v) is 11.0. The Morgan fingerprint density at radius 1 is 1.16 bits per heavy atom. The molecule has 1 aliphatic rings. The zero-order chi connectivity index (χ0) is 22.7. The van der Waals surface area contributed by atoms with Gasteiger partial charge < -0.3 is 5.32 Å². The number of hydrogen-bond donors (Lipinski definition) is 1. The molecule has 1 heterocycles. The normalized spacial score (nSPS) is 14.3. The number of halogens is 2. The summed E-state index contributed by atoms with van der Waals surface area (Å²) in [5.41, 5.74) is 1.50. The van der Waals surface area contributed by atoms with E-state index in [9.17, 15) is 18.4 Å². The number of carbonyl (C=O) groups excluding carboxylic acids is 2. The zero-order valence-electron chi connectivity index (χ0n) is 17.3. The van der Waals surface area contributed by atoms with Gasteiger partial charge in [-0.25, -0.2) is 13.8 Å². The van der Waals surface area contributed by atoms with Crippen molar-refractivity contribution in [3.05, 3.63) is 82.9 Å². The summed E-state index contributed by atoms with van der Waals surface area (Å²) >= 11 is 1.18. The van der Waals surface area contributed by atoms with Crippen LogP contribution in [0.1, 0.15) is 31.0 Å². The van der Waals surface area contributed by atoms with Gasteiger partial charge in [-0.05, 0) is 48.7 Å². The fraction of sp³-hybridized carbons (Fsp3) is 0.208. The first-order valence-electron chi connectivity index (χ1n) is 10.1. The van der Waals surface area contributed by atoms with Gasteiger partial charge >= 0.3 is 0 Å². The summed E-state index contributed by atoms with van der Waals surface area (Å²) in [5.74, 6) is -1.44. The van der Waals surface area contributed by atoms with Gasteiger partial charge in [-0.15, -0.1) is 11.3 Å². The topological polar surface area (TPSA) is 62.3 Å². The minimum absolute atomic E-state index is 0.123. The van der Waals surface area contributed by atoms with Crippen molar-refractivity contribution < 1.29 is 18.4 Å². The lowest BCUT2D eigenvalue weighted by Gasteiger charge is -2.18. The summed E-state index contributed by atoms with van der Waals surface area (Å²) in [6.45, 7) is 1.81. The Morgan fingerprint density at radius 2 is 1.88 bits per heavy atom. The molecule has 1 aromatic heterocycles. The van der Waals surface area contributed by atoms with Crippen LogP contribution >= 0.6 is 11.3 Å². The number of nitrogens with zero attached hydrogens (tertiary/aromatic N) is 2. The maximum absolute atomic E-state index is 14.2. The summed E-state index contributed by atoms with van der Waals surface area (Å²) in [4.78, 5) is 30.0. The minimum Gasteiger partial charge on any atom is -0.352 e. The van der Waals surface area contributed by atoms with E-state index < -0.39 is 5.82 Å². The van der Waals surface area contributed by atoms with E-state index in [0.717, 1.165) is 18.4 Å². The summed E-state index contributed by atoms with van der Waals surface area (Å²) in [6.07, 6.45) is 4.80. The molecule has 2 aromatic carbocycles. The van der Waals surface area contributed by atoms with E-state index in [1.54, 1.807) is 35.7 Å². The van der Waals surface area contributed by atoms with E-state index >= 15 is 0 Å². The Labute approximate surface area is 188 Å². The number of benzene rings is 2. The van der Waals surface area contributed by atoms with Crippen LogP contribution in [0.2, 0.25) is 0 Å². The fourth-order valence-corrected chi connectivity index (χ4v) is 4.34. The van der Waals surface area contributed by atoms with Gasteiger partial charge in [0.25, 0.3) is 0 Å². The van der Waals surface area contributed by atoms with Crippen LogP contribution in [0.3, 0.4) is 0 Å². The van der Waals surface area contributed by atoms with E-state index in [2.05, 4.69) is 10.3 Å². The number of amides is 2. The van der Waals surface area contributed by atoms with Gasteiger partial charge in [-0.2, -0.15) is 0 Å². The van der Waals surface area contributed by atoms with Crippen LogP contribution < -0.4 is 10.2 Å². The molecular weight excluding hydrogens is 432 g/mol. The highest BCUT2D eigenvalue weighted by atomic mass is 32.1. The van der Waals surface area contributed by atoms with Crippen molar-refractivity contribution >= 4 is 40.0 Å². The number of para-hydroxylation sites is 1.